The Labute approximate surface area is 127 Å². The summed E-state index contributed by atoms with van der Waals surface area (Å²) in [6.07, 6.45) is -4.33. The fraction of sp³-hybridized carbons (Fsp3) is 0.500. The van der Waals surface area contributed by atoms with Gasteiger partial charge in [0.15, 0.2) is 0 Å². The number of aldehydes is 1. The van der Waals surface area contributed by atoms with E-state index >= 15 is 0 Å². The summed E-state index contributed by atoms with van der Waals surface area (Å²) in [7, 11) is 0. The lowest BCUT2D eigenvalue weighted by Crippen LogP contribution is -2.52. The van der Waals surface area contributed by atoms with Crippen molar-refractivity contribution in [3.63, 3.8) is 0 Å². The first-order valence-electron chi connectivity index (χ1n) is 6.76. The molecule has 0 aliphatic heterocycles. The number of hydrogen-bond acceptors (Lipinski definition) is 8. The third-order valence-corrected chi connectivity index (χ3v) is 3.33. The molecule has 8 nitrogen and oxygen atoms in total. The number of carbonyl (C=O) groups is 1. The summed E-state index contributed by atoms with van der Waals surface area (Å²) in [6.45, 7) is -0.636. The maximum absolute atomic E-state index is 11.0. The number of phenols is 2. The Kier molecular flexibility index (Phi) is 7.22. The second-order valence-corrected chi connectivity index (χ2v) is 4.87. The molecular weight excluding hydrogens is 294 g/mol. The first-order valence-corrected chi connectivity index (χ1v) is 6.76. The average molecular weight is 315 g/mol. The van der Waals surface area contributed by atoms with Crippen molar-refractivity contribution in [2.45, 2.75) is 30.8 Å². The van der Waals surface area contributed by atoms with Crippen LogP contribution in [-0.2, 0) is 11.2 Å². The topological polar surface area (TPSA) is 150 Å². The minimum Gasteiger partial charge on any atom is -0.508 e. The molecule has 0 saturated carbocycles. The number of carbonyl (C=O) groups excluding carboxylic acids is 1. The highest BCUT2D eigenvalue weighted by molar-refractivity contribution is 5.59. The second kappa shape index (κ2) is 8.66. The fourth-order valence-corrected chi connectivity index (χ4v) is 1.98. The van der Waals surface area contributed by atoms with Gasteiger partial charge in [0.1, 0.15) is 36.1 Å². The van der Waals surface area contributed by atoms with Gasteiger partial charge in [-0.15, -0.1) is 0 Å². The van der Waals surface area contributed by atoms with Gasteiger partial charge in [0.05, 0.1) is 12.6 Å². The maximum Gasteiger partial charge on any atom is 0.139 e. The van der Waals surface area contributed by atoms with Gasteiger partial charge in [0, 0.05) is 12.1 Å². The summed E-state index contributed by atoms with van der Waals surface area (Å²) < 4.78 is 0. The number of aliphatic hydroxyl groups is 4. The average Bonchev–Trinajstić information content (AvgIpc) is 2.51. The molecule has 0 bridgehead atoms. The van der Waals surface area contributed by atoms with Gasteiger partial charge in [-0.25, -0.2) is 0 Å². The maximum atomic E-state index is 11.0. The van der Waals surface area contributed by atoms with E-state index in [0.717, 1.165) is 0 Å². The molecule has 8 heteroatoms. The minimum atomic E-state index is -1.69. The molecule has 1 aromatic rings. The van der Waals surface area contributed by atoms with Crippen molar-refractivity contribution in [1.82, 2.24) is 5.32 Å². The number of hydrogen-bond donors (Lipinski definition) is 7. The number of nitrogens with one attached hydrogen (secondary N) is 1. The lowest BCUT2D eigenvalue weighted by molar-refractivity contribution is -0.120. The Hall–Kier alpha value is -1.71. The van der Waals surface area contributed by atoms with Crippen molar-refractivity contribution >= 4 is 6.29 Å². The summed E-state index contributed by atoms with van der Waals surface area (Å²) in [6, 6.07) is 3.11. The molecule has 0 aromatic heterocycles. The summed E-state index contributed by atoms with van der Waals surface area (Å²) in [4.78, 5) is 11.0. The SMILES string of the molecule is O=C[C@H](NCCc1c(O)cccc1O)[C@@H](O)[C@@H](O)[C@H](O)CO. The highest BCUT2D eigenvalue weighted by atomic mass is 16.4. The molecular formula is C14H21NO7. The van der Waals surface area contributed by atoms with Crippen LogP contribution in [0.5, 0.6) is 11.5 Å². The van der Waals surface area contributed by atoms with Crippen LogP contribution < -0.4 is 5.32 Å². The molecule has 0 spiro atoms. The van der Waals surface area contributed by atoms with Crippen LogP contribution >= 0.6 is 0 Å². The normalized spacial score (nSPS) is 16.7. The van der Waals surface area contributed by atoms with E-state index in [9.17, 15) is 30.3 Å². The van der Waals surface area contributed by atoms with Gasteiger partial charge in [-0.2, -0.15) is 0 Å². The molecule has 0 radical (unpaired) electrons. The number of phenolic OH excluding ortho intramolecular Hbond substituents is 2. The molecule has 0 unspecified atom stereocenters. The highest BCUT2D eigenvalue weighted by Crippen LogP contribution is 2.26. The summed E-state index contributed by atoms with van der Waals surface area (Å²) in [5, 5.41) is 59.1. The third-order valence-electron chi connectivity index (χ3n) is 3.33. The largest absolute Gasteiger partial charge is 0.508 e. The van der Waals surface area contributed by atoms with E-state index in [1.165, 1.54) is 18.2 Å². The van der Waals surface area contributed by atoms with Gasteiger partial charge < -0.3 is 40.8 Å². The predicted octanol–water partition coefficient (Wildman–Crippen LogP) is -2.13. The first kappa shape index (κ1) is 18.3. The minimum absolute atomic E-state index is 0.0965. The molecule has 0 aliphatic carbocycles. The summed E-state index contributed by atoms with van der Waals surface area (Å²) in [5.41, 5.74) is 0.282. The van der Waals surface area contributed by atoms with Crippen LogP contribution in [0.3, 0.4) is 0 Å². The van der Waals surface area contributed by atoms with Crippen LogP contribution in [0, 0.1) is 0 Å². The molecule has 0 fully saturated rings. The lowest BCUT2D eigenvalue weighted by atomic mass is 10.0. The van der Waals surface area contributed by atoms with Crippen molar-refractivity contribution in [2.75, 3.05) is 13.2 Å². The Morgan fingerprint density at radius 1 is 1.09 bits per heavy atom. The zero-order valence-electron chi connectivity index (χ0n) is 11.8. The standard InChI is InChI=1S/C14H21NO7/c16-6-9(13(21)14(22)12(20)7-17)15-5-4-8-10(18)2-1-3-11(8)19/h1-3,6,9,12-15,17-22H,4-5,7H2/t9-,12+,13+,14-/m0/s1. The van der Waals surface area contributed by atoms with Gasteiger partial charge in [-0.3, -0.25) is 0 Å². The van der Waals surface area contributed by atoms with E-state index in [0.29, 0.717) is 6.29 Å². The van der Waals surface area contributed by atoms with Crippen LogP contribution in [0.15, 0.2) is 18.2 Å². The number of rotatable bonds is 9. The van der Waals surface area contributed by atoms with E-state index in [1.807, 2.05) is 0 Å². The summed E-state index contributed by atoms with van der Waals surface area (Å²) in [5.74, 6) is -0.193. The fourth-order valence-electron chi connectivity index (χ4n) is 1.98. The molecule has 1 aromatic carbocycles. The van der Waals surface area contributed by atoms with Gasteiger partial charge >= 0.3 is 0 Å². The van der Waals surface area contributed by atoms with Crippen LogP contribution in [0.4, 0.5) is 0 Å². The molecule has 7 N–H and O–H groups in total. The molecule has 22 heavy (non-hydrogen) atoms. The first-order chi connectivity index (χ1) is 10.4. The molecule has 0 heterocycles. The Morgan fingerprint density at radius 2 is 1.68 bits per heavy atom. The Balaban J connectivity index is 2.59. The van der Waals surface area contributed by atoms with E-state index in [-0.39, 0.29) is 30.0 Å². The monoisotopic (exact) mass is 315 g/mol. The zero-order valence-corrected chi connectivity index (χ0v) is 11.8. The van der Waals surface area contributed by atoms with Crippen molar-refractivity contribution in [3.05, 3.63) is 23.8 Å². The van der Waals surface area contributed by atoms with Crippen molar-refractivity contribution in [2.24, 2.45) is 0 Å². The van der Waals surface area contributed by atoms with Gasteiger partial charge in [0.2, 0.25) is 0 Å². The van der Waals surface area contributed by atoms with E-state index in [4.69, 9.17) is 5.11 Å². The predicted molar refractivity (Wildman–Crippen MR) is 76.4 cm³/mol. The van der Waals surface area contributed by atoms with Gasteiger partial charge in [-0.05, 0) is 18.6 Å². The van der Waals surface area contributed by atoms with Gasteiger partial charge in [-0.1, -0.05) is 6.07 Å². The van der Waals surface area contributed by atoms with Crippen LogP contribution in [-0.4, -0.2) is 74.4 Å². The quantitative estimate of drug-likeness (QED) is 0.255. The third kappa shape index (κ3) is 4.65. The van der Waals surface area contributed by atoms with Crippen molar-refractivity contribution < 1.29 is 35.4 Å². The van der Waals surface area contributed by atoms with Gasteiger partial charge in [0.25, 0.3) is 0 Å². The van der Waals surface area contributed by atoms with Crippen LogP contribution in [0.1, 0.15) is 5.56 Å². The second-order valence-electron chi connectivity index (χ2n) is 4.87. The van der Waals surface area contributed by atoms with E-state index in [2.05, 4.69) is 5.32 Å². The highest BCUT2D eigenvalue weighted by Gasteiger charge is 2.30. The summed E-state index contributed by atoms with van der Waals surface area (Å²) >= 11 is 0. The molecule has 4 atom stereocenters. The van der Waals surface area contributed by atoms with Crippen molar-refractivity contribution in [1.29, 1.82) is 0 Å². The Bertz CT molecular complexity index is 462. The van der Waals surface area contributed by atoms with Crippen LogP contribution in [0.2, 0.25) is 0 Å². The van der Waals surface area contributed by atoms with E-state index < -0.39 is 31.0 Å². The molecule has 0 aliphatic rings. The lowest BCUT2D eigenvalue weighted by Gasteiger charge is -2.26. The molecule has 124 valence electrons. The Morgan fingerprint density at radius 3 is 2.18 bits per heavy atom. The smallest absolute Gasteiger partial charge is 0.139 e. The number of aromatic hydroxyl groups is 2. The van der Waals surface area contributed by atoms with E-state index in [1.54, 1.807) is 0 Å². The molecule has 0 amide bonds. The zero-order chi connectivity index (χ0) is 16.7. The molecule has 1 rings (SSSR count). The number of aliphatic hydroxyl groups excluding tert-OH is 4. The number of benzene rings is 1. The van der Waals surface area contributed by atoms with Crippen LogP contribution in [0.25, 0.3) is 0 Å². The van der Waals surface area contributed by atoms with Crippen molar-refractivity contribution in [3.8, 4) is 11.5 Å². The molecule has 0 saturated heterocycles.